The van der Waals surface area contributed by atoms with Gasteiger partial charge in [0.15, 0.2) is 5.69 Å². The number of hydrogen-bond donors (Lipinski definition) is 1. The first-order valence-corrected chi connectivity index (χ1v) is 8.30. The zero-order chi connectivity index (χ0) is 18.5. The van der Waals surface area contributed by atoms with Crippen LogP contribution in [0.3, 0.4) is 0 Å². The summed E-state index contributed by atoms with van der Waals surface area (Å²) in [6.45, 7) is 2.34. The molecule has 6 heteroatoms. The van der Waals surface area contributed by atoms with Crippen molar-refractivity contribution in [3.05, 3.63) is 77.4 Å². The number of rotatable bonds is 6. The van der Waals surface area contributed by atoms with Gasteiger partial charge in [-0.25, -0.2) is 9.07 Å². The molecule has 0 spiro atoms. The molecule has 134 valence electrons. The fourth-order valence-electron chi connectivity index (χ4n) is 2.65. The zero-order valence-electron chi connectivity index (χ0n) is 14.7. The van der Waals surface area contributed by atoms with Crippen molar-refractivity contribution in [1.29, 1.82) is 0 Å². The molecule has 0 aliphatic carbocycles. The van der Waals surface area contributed by atoms with Crippen LogP contribution in [-0.2, 0) is 6.42 Å². The molecule has 0 atom stereocenters. The van der Waals surface area contributed by atoms with Crippen molar-refractivity contribution in [2.45, 2.75) is 13.3 Å². The summed E-state index contributed by atoms with van der Waals surface area (Å²) in [4.78, 5) is 12.3. The second-order valence-electron chi connectivity index (χ2n) is 5.92. The molecule has 0 saturated heterocycles. The molecular weight excluding hydrogens is 333 g/mol. The Bertz CT molecular complexity index is 904. The molecule has 0 radical (unpaired) electrons. The molecule has 26 heavy (non-hydrogen) atoms. The number of ether oxygens (including phenoxy) is 1. The Morgan fingerprint density at radius 1 is 1.19 bits per heavy atom. The number of carbonyl (C=O) groups excluding carboxylic acids is 1. The first-order valence-electron chi connectivity index (χ1n) is 8.30. The monoisotopic (exact) mass is 353 g/mol. The number of aryl methyl sites for hydroxylation is 1. The lowest BCUT2D eigenvalue weighted by molar-refractivity contribution is 0.0948. The van der Waals surface area contributed by atoms with Crippen molar-refractivity contribution in [3.63, 3.8) is 0 Å². The van der Waals surface area contributed by atoms with Crippen LogP contribution in [0.5, 0.6) is 5.75 Å². The van der Waals surface area contributed by atoms with Crippen molar-refractivity contribution in [2.24, 2.45) is 0 Å². The minimum atomic E-state index is -0.267. The van der Waals surface area contributed by atoms with Crippen LogP contribution in [0.1, 0.15) is 21.7 Å². The molecule has 0 bridgehead atoms. The molecule has 1 heterocycles. The van der Waals surface area contributed by atoms with Crippen LogP contribution in [0.15, 0.2) is 54.6 Å². The number of nitrogens with zero attached hydrogens (tertiary/aromatic N) is 2. The average molecular weight is 353 g/mol. The topological polar surface area (TPSA) is 56.2 Å². The van der Waals surface area contributed by atoms with Crippen LogP contribution in [0.2, 0.25) is 0 Å². The second kappa shape index (κ2) is 7.82. The quantitative estimate of drug-likeness (QED) is 0.740. The summed E-state index contributed by atoms with van der Waals surface area (Å²) < 4.78 is 19.8. The van der Waals surface area contributed by atoms with Crippen LogP contribution < -0.4 is 10.1 Å². The Kier molecular flexibility index (Phi) is 5.31. The van der Waals surface area contributed by atoms with Gasteiger partial charge in [0.25, 0.3) is 5.91 Å². The number of benzene rings is 2. The molecule has 0 aliphatic rings. The highest BCUT2D eigenvalue weighted by atomic mass is 19.1. The lowest BCUT2D eigenvalue weighted by atomic mass is 10.1. The number of carbonyl (C=O) groups is 1. The first kappa shape index (κ1) is 17.7. The Morgan fingerprint density at radius 3 is 2.69 bits per heavy atom. The van der Waals surface area contributed by atoms with Gasteiger partial charge in [-0.15, -0.1) is 0 Å². The molecular formula is C20H20FN3O2. The highest BCUT2D eigenvalue weighted by Gasteiger charge is 2.13. The fourth-order valence-corrected chi connectivity index (χ4v) is 2.65. The van der Waals surface area contributed by atoms with Crippen LogP contribution in [-0.4, -0.2) is 29.3 Å². The van der Waals surface area contributed by atoms with Gasteiger partial charge in [-0.2, -0.15) is 5.10 Å². The summed E-state index contributed by atoms with van der Waals surface area (Å²) in [7, 11) is 1.61. The predicted molar refractivity (Wildman–Crippen MR) is 97.3 cm³/mol. The van der Waals surface area contributed by atoms with E-state index in [1.54, 1.807) is 30.0 Å². The molecule has 0 aliphatic heterocycles. The van der Waals surface area contributed by atoms with Gasteiger partial charge in [-0.1, -0.05) is 18.2 Å². The number of halogens is 1. The lowest BCUT2D eigenvalue weighted by Crippen LogP contribution is -2.26. The summed E-state index contributed by atoms with van der Waals surface area (Å²) in [6.07, 6.45) is 0.627. The van der Waals surface area contributed by atoms with Crippen molar-refractivity contribution < 1.29 is 13.9 Å². The SMILES string of the molecule is COc1cccc(-n2nc(C(=O)NCCc3ccc(F)cc3)cc2C)c1. The number of nitrogens with one attached hydrogen (secondary N) is 1. The number of amides is 1. The lowest BCUT2D eigenvalue weighted by Gasteiger charge is -2.06. The average Bonchev–Trinajstić information content (AvgIpc) is 3.05. The van der Waals surface area contributed by atoms with Gasteiger partial charge < -0.3 is 10.1 Å². The minimum absolute atomic E-state index is 0.239. The van der Waals surface area contributed by atoms with E-state index in [1.165, 1.54) is 12.1 Å². The van der Waals surface area contributed by atoms with E-state index in [0.717, 1.165) is 22.7 Å². The number of aromatic nitrogens is 2. The summed E-state index contributed by atoms with van der Waals surface area (Å²) in [5.41, 5.74) is 2.99. The van der Waals surface area contributed by atoms with Crippen LogP contribution in [0, 0.1) is 12.7 Å². The summed E-state index contributed by atoms with van der Waals surface area (Å²) in [6, 6.07) is 15.5. The van der Waals surface area contributed by atoms with Crippen LogP contribution in [0.4, 0.5) is 4.39 Å². The van der Waals surface area contributed by atoms with Crippen LogP contribution >= 0.6 is 0 Å². The second-order valence-corrected chi connectivity index (χ2v) is 5.92. The Hall–Kier alpha value is -3.15. The Labute approximate surface area is 151 Å². The largest absolute Gasteiger partial charge is 0.497 e. The zero-order valence-corrected chi connectivity index (χ0v) is 14.7. The molecule has 0 unspecified atom stereocenters. The van der Waals surface area contributed by atoms with E-state index in [4.69, 9.17) is 4.74 Å². The maximum atomic E-state index is 12.9. The van der Waals surface area contributed by atoms with Crippen molar-refractivity contribution in [1.82, 2.24) is 15.1 Å². The van der Waals surface area contributed by atoms with E-state index >= 15 is 0 Å². The van der Waals surface area contributed by atoms with E-state index in [-0.39, 0.29) is 11.7 Å². The molecule has 3 aromatic rings. The van der Waals surface area contributed by atoms with Gasteiger partial charge in [0.05, 0.1) is 12.8 Å². The molecule has 5 nitrogen and oxygen atoms in total. The fraction of sp³-hybridized carbons (Fsp3) is 0.200. The normalized spacial score (nSPS) is 10.6. The third kappa shape index (κ3) is 4.08. The molecule has 0 saturated carbocycles. The summed E-state index contributed by atoms with van der Waals surface area (Å²) in [5, 5.41) is 7.24. The summed E-state index contributed by atoms with van der Waals surface area (Å²) >= 11 is 0. The van der Waals surface area contributed by atoms with E-state index in [0.29, 0.717) is 18.7 Å². The maximum Gasteiger partial charge on any atom is 0.271 e. The molecule has 1 aromatic heterocycles. The van der Waals surface area contributed by atoms with Gasteiger partial charge in [0.1, 0.15) is 11.6 Å². The highest BCUT2D eigenvalue weighted by Crippen LogP contribution is 2.18. The molecule has 0 fully saturated rings. The standard InChI is InChI=1S/C20H20FN3O2/c1-14-12-19(23-24(14)17-4-3-5-18(13-17)26-2)20(25)22-11-10-15-6-8-16(21)9-7-15/h3-9,12-13H,10-11H2,1-2H3,(H,22,25). The van der Waals surface area contributed by atoms with Crippen molar-refractivity contribution >= 4 is 5.91 Å². The number of methoxy groups -OCH3 is 1. The minimum Gasteiger partial charge on any atom is -0.497 e. The molecule has 3 rings (SSSR count). The first-order chi connectivity index (χ1) is 12.6. The Balaban J connectivity index is 1.65. The van der Waals surface area contributed by atoms with E-state index in [2.05, 4.69) is 10.4 Å². The summed E-state index contributed by atoms with van der Waals surface area (Å²) in [5.74, 6) is 0.218. The third-order valence-electron chi connectivity index (χ3n) is 4.03. The predicted octanol–water partition coefficient (Wildman–Crippen LogP) is 3.30. The maximum absolute atomic E-state index is 12.9. The van der Waals surface area contributed by atoms with Gasteiger partial charge in [0.2, 0.25) is 0 Å². The van der Waals surface area contributed by atoms with Gasteiger partial charge in [-0.3, -0.25) is 4.79 Å². The molecule has 1 amide bonds. The molecule has 2 aromatic carbocycles. The van der Waals surface area contributed by atoms with E-state index in [9.17, 15) is 9.18 Å². The van der Waals surface area contributed by atoms with Gasteiger partial charge >= 0.3 is 0 Å². The van der Waals surface area contributed by atoms with Crippen molar-refractivity contribution in [2.75, 3.05) is 13.7 Å². The molecule has 1 N–H and O–H groups in total. The number of hydrogen-bond acceptors (Lipinski definition) is 3. The van der Waals surface area contributed by atoms with Crippen molar-refractivity contribution in [3.8, 4) is 11.4 Å². The third-order valence-corrected chi connectivity index (χ3v) is 4.03. The van der Waals surface area contributed by atoms with E-state index < -0.39 is 0 Å². The van der Waals surface area contributed by atoms with Gasteiger partial charge in [-0.05, 0) is 49.2 Å². The highest BCUT2D eigenvalue weighted by molar-refractivity contribution is 5.92. The van der Waals surface area contributed by atoms with E-state index in [1.807, 2.05) is 31.2 Å². The Morgan fingerprint density at radius 2 is 1.96 bits per heavy atom. The van der Waals surface area contributed by atoms with Crippen LogP contribution in [0.25, 0.3) is 5.69 Å². The smallest absolute Gasteiger partial charge is 0.271 e. The van der Waals surface area contributed by atoms with Gasteiger partial charge in [0, 0.05) is 18.3 Å².